The highest BCUT2D eigenvalue weighted by molar-refractivity contribution is 5.75. The Morgan fingerprint density at radius 2 is 0.933 bits per heavy atom. The van der Waals surface area contributed by atoms with Crippen LogP contribution in [0.25, 0.3) is 0 Å². The predicted octanol–water partition coefficient (Wildman–Crippen LogP) is 0.717. The van der Waals surface area contributed by atoms with E-state index in [0.717, 1.165) is 0 Å². The van der Waals surface area contributed by atoms with Crippen molar-refractivity contribution in [3.63, 3.8) is 0 Å². The summed E-state index contributed by atoms with van der Waals surface area (Å²) >= 11 is 0. The van der Waals surface area contributed by atoms with Crippen molar-refractivity contribution in [3.8, 4) is 12.3 Å². The summed E-state index contributed by atoms with van der Waals surface area (Å²) in [6.45, 7) is 12.4. The van der Waals surface area contributed by atoms with Gasteiger partial charge in [0.15, 0.2) is 6.61 Å². The highest BCUT2D eigenvalue weighted by atomic mass is 16.6. The Kier molecular flexibility index (Phi) is 29.7. The number of rotatable bonds is 31. The van der Waals surface area contributed by atoms with Crippen LogP contribution in [0, 0.1) is 12.3 Å². The van der Waals surface area contributed by atoms with Gasteiger partial charge in [-0.05, 0) is 20.8 Å². The minimum absolute atomic E-state index is 0.0676. The first kappa shape index (κ1) is 42.5. The monoisotopic (exact) mass is 650 g/mol. The van der Waals surface area contributed by atoms with Gasteiger partial charge in [0.05, 0.1) is 112 Å². The molecule has 2 amide bonds. The van der Waals surface area contributed by atoms with E-state index in [1.807, 2.05) is 20.8 Å². The Labute approximate surface area is 267 Å². The third-order valence-corrected chi connectivity index (χ3v) is 4.95. The summed E-state index contributed by atoms with van der Waals surface area (Å²) in [5, 5.41) is 5.26. The molecule has 0 aliphatic heterocycles. The van der Waals surface area contributed by atoms with E-state index in [0.29, 0.717) is 119 Å². The van der Waals surface area contributed by atoms with Gasteiger partial charge in [-0.25, -0.2) is 4.79 Å². The van der Waals surface area contributed by atoms with Crippen LogP contribution in [-0.2, 0) is 57.0 Å². The van der Waals surface area contributed by atoms with E-state index in [2.05, 4.69) is 21.3 Å². The van der Waals surface area contributed by atoms with Crippen LogP contribution in [0.3, 0.4) is 0 Å². The van der Waals surface area contributed by atoms with Gasteiger partial charge in [0.1, 0.15) is 5.60 Å². The molecule has 0 bridgehead atoms. The van der Waals surface area contributed by atoms with E-state index >= 15 is 0 Å². The van der Waals surface area contributed by atoms with Crippen LogP contribution in [0.4, 0.5) is 4.79 Å². The molecule has 0 spiro atoms. The van der Waals surface area contributed by atoms with Crippen LogP contribution >= 0.6 is 0 Å². The Bertz CT molecular complexity index is 772. The van der Waals surface area contributed by atoms with Crippen LogP contribution in [0.5, 0.6) is 0 Å². The summed E-state index contributed by atoms with van der Waals surface area (Å²) in [7, 11) is 0. The fourth-order valence-electron chi connectivity index (χ4n) is 2.97. The summed E-state index contributed by atoms with van der Waals surface area (Å²) in [4.78, 5) is 34.5. The van der Waals surface area contributed by atoms with E-state index in [1.54, 1.807) is 0 Å². The standard InChI is InChI=1S/C30H54N2O13/c1-5-10-44-29(35)32-9-14-39-18-22-43-25-23-40-19-15-36-11-6-27(33)31-8-13-38-17-21-42-26-24-41-20-16-37-12-7-28(34)45-30(2,3)4/h1H,6-26H2,2-4H3,(H,31,33)(H,32,35). The van der Waals surface area contributed by atoms with Gasteiger partial charge in [-0.3, -0.25) is 9.59 Å². The molecule has 0 aromatic carbocycles. The smallest absolute Gasteiger partial charge is 0.408 e. The number of ether oxygens (including phenoxy) is 10. The molecule has 0 aliphatic carbocycles. The molecule has 0 radical (unpaired) electrons. The highest BCUT2D eigenvalue weighted by Gasteiger charge is 2.15. The van der Waals surface area contributed by atoms with E-state index in [4.69, 9.17) is 49.1 Å². The number of nitrogens with one attached hydrogen (secondary N) is 2. The fraction of sp³-hybridized carbons (Fsp3) is 0.833. The van der Waals surface area contributed by atoms with E-state index in [-0.39, 0.29) is 31.3 Å². The molecule has 262 valence electrons. The van der Waals surface area contributed by atoms with E-state index in [1.165, 1.54) is 0 Å². The lowest BCUT2D eigenvalue weighted by Crippen LogP contribution is -2.28. The van der Waals surface area contributed by atoms with Gasteiger partial charge >= 0.3 is 12.1 Å². The van der Waals surface area contributed by atoms with Gasteiger partial charge in [0.25, 0.3) is 0 Å². The maximum Gasteiger partial charge on any atom is 0.408 e. The van der Waals surface area contributed by atoms with Crippen molar-refractivity contribution in [3.05, 3.63) is 0 Å². The van der Waals surface area contributed by atoms with E-state index in [9.17, 15) is 14.4 Å². The Balaban J connectivity index is 3.24. The summed E-state index contributed by atoms with van der Waals surface area (Å²) in [6.07, 6.45) is 4.87. The van der Waals surface area contributed by atoms with Crippen molar-refractivity contribution in [2.24, 2.45) is 0 Å². The minimum atomic E-state index is -0.577. The van der Waals surface area contributed by atoms with Crippen molar-refractivity contribution >= 4 is 18.0 Å². The zero-order chi connectivity index (χ0) is 33.3. The summed E-state index contributed by atoms with van der Waals surface area (Å²) in [5.74, 6) is 1.80. The van der Waals surface area contributed by atoms with Crippen LogP contribution in [-0.4, -0.2) is 149 Å². The van der Waals surface area contributed by atoms with Crippen molar-refractivity contribution < 1.29 is 61.8 Å². The minimum Gasteiger partial charge on any atom is -0.460 e. The lowest BCUT2D eigenvalue weighted by atomic mass is 10.2. The molecule has 0 saturated carbocycles. The number of terminal acetylenes is 1. The first-order valence-corrected chi connectivity index (χ1v) is 15.2. The first-order chi connectivity index (χ1) is 21.7. The lowest BCUT2D eigenvalue weighted by molar-refractivity contribution is -0.156. The SMILES string of the molecule is C#CCOC(=O)NCCOCCOCCOCCOCCC(=O)NCCOCCOCCOCCOCCC(=O)OC(C)(C)C. The Morgan fingerprint density at radius 3 is 1.36 bits per heavy atom. The molecule has 0 heterocycles. The third kappa shape index (κ3) is 35.8. The zero-order valence-corrected chi connectivity index (χ0v) is 27.2. The number of esters is 1. The largest absolute Gasteiger partial charge is 0.460 e. The molecule has 0 saturated heterocycles. The molecular weight excluding hydrogens is 596 g/mol. The second-order valence-electron chi connectivity index (χ2n) is 10.0. The average Bonchev–Trinajstić information content (AvgIpc) is 2.99. The van der Waals surface area contributed by atoms with E-state index < -0.39 is 11.7 Å². The maximum absolute atomic E-state index is 11.8. The Hall–Kier alpha value is -2.55. The molecule has 0 aliphatic rings. The lowest BCUT2D eigenvalue weighted by Gasteiger charge is -2.19. The van der Waals surface area contributed by atoms with Crippen LogP contribution in [0.15, 0.2) is 0 Å². The fourth-order valence-corrected chi connectivity index (χ4v) is 2.97. The van der Waals surface area contributed by atoms with Crippen molar-refractivity contribution in [2.75, 3.05) is 125 Å². The average molecular weight is 651 g/mol. The molecule has 45 heavy (non-hydrogen) atoms. The summed E-state index contributed by atoms with van der Waals surface area (Å²) in [5.41, 5.74) is -0.488. The quantitative estimate of drug-likeness (QED) is 0.0613. The van der Waals surface area contributed by atoms with Gasteiger partial charge in [-0.1, -0.05) is 5.92 Å². The maximum atomic E-state index is 11.8. The number of amides is 2. The third-order valence-electron chi connectivity index (χ3n) is 4.95. The summed E-state index contributed by atoms with van der Waals surface area (Å²) < 4.78 is 52.9. The van der Waals surface area contributed by atoms with Crippen LogP contribution in [0.1, 0.15) is 33.6 Å². The van der Waals surface area contributed by atoms with Crippen molar-refractivity contribution in [1.29, 1.82) is 0 Å². The molecular formula is C30H54N2O13. The molecule has 0 aromatic heterocycles. The molecule has 0 fully saturated rings. The van der Waals surface area contributed by atoms with Crippen LogP contribution in [0.2, 0.25) is 0 Å². The first-order valence-electron chi connectivity index (χ1n) is 15.2. The molecule has 0 atom stereocenters. The molecule has 15 nitrogen and oxygen atoms in total. The normalized spacial score (nSPS) is 11.2. The summed E-state index contributed by atoms with van der Waals surface area (Å²) in [6, 6.07) is 0. The van der Waals surface area contributed by atoms with Gasteiger partial charge in [-0.2, -0.15) is 0 Å². The number of carbonyl (C=O) groups excluding carboxylic acids is 3. The van der Waals surface area contributed by atoms with Gasteiger partial charge in [-0.15, -0.1) is 6.42 Å². The van der Waals surface area contributed by atoms with Crippen LogP contribution < -0.4 is 10.6 Å². The Morgan fingerprint density at radius 1 is 0.556 bits per heavy atom. The topological polar surface area (TPSA) is 168 Å². The molecule has 0 rings (SSSR count). The van der Waals surface area contributed by atoms with Gasteiger partial charge in [0.2, 0.25) is 5.91 Å². The second kappa shape index (κ2) is 31.4. The van der Waals surface area contributed by atoms with Crippen molar-refractivity contribution in [2.45, 2.75) is 39.2 Å². The molecule has 15 heteroatoms. The zero-order valence-electron chi connectivity index (χ0n) is 27.2. The predicted molar refractivity (Wildman–Crippen MR) is 163 cm³/mol. The molecule has 2 N–H and O–H groups in total. The number of alkyl carbamates (subject to hydrolysis) is 1. The number of carbonyl (C=O) groups is 3. The highest BCUT2D eigenvalue weighted by Crippen LogP contribution is 2.08. The second-order valence-corrected chi connectivity index (χ2v) is 10.0. The molecule has 0 aromatic rings. The number of hydrogen-bond acceptors (Lipinski definition) is 13. The van der Waals surface area contributed by atoms with Gasteiger partial charge < -0.3 is 58.0 Å². The van der Waals surface area contributed by atoms with Gasteiger partial charge in [0, 0.05) is 19.5 Å². The van der Waals surface area contributed by atoms with Crippen molar-refractivity contribution in [1.82, 2.24) is 10.6 Å². The number of hydrogen-bond donors (Lipinski definition) is 2. The molecule has 0 unspecified atom stereocenters.